The van der Waals surface area contributed by atoms with Gasteiger partial charge in [-0.05, 0) is 32.9 Å². The standard InChI is InChI=1S/C14H28N2OS/c1-12(2)16-7-8-17-13(10-16)9-15-11-14(18-3)5-4-6-14/h12-13,15H,4-11H2,1-3H3. The Labute approximate surface area is 116 Å². The minimum absolute atomic E-state index is 0.375. The summed E-state index contributed by atoms with van der Waals surface area (Å²) < 4.78 is 6.38. The molecule has 1 aliphatic carbocycles. The van der Waals surface area contributed by atoms with Crippen LogP contribution in [0.4, 0.5) is 0 Å². The van der Waals surface area contributed by atoms with Gasteiger partial charge in [-0.25, -0.2) is 0 Å². The zero-order valence-corrected chi connectivity index (χ0v) is 12.9. The number of ether oxygens (including phenoxy) is 1. The van der Waals surface area contributed by atoms with E-state index in [-0.39, 0.29) is 0 Å². The lowest BCUT2D eigenvalue weighted by atomic mass is 9.84. The van der Waals surface area contributed by atoms with Crippen molar-refractivity contribution in [2.24, 2.45) is 0 Å². The van der Waals surface area contributed by atoms with Gasteiger partial charge < -0.3 is 10.1 Å². The smallest absolute Gasteiger partial charge is 0.0826 e. The van der Waals surface area contributed by atoms with Crippen molar-refractivity contribution in [3.63, 3.8) is 0 Å². The first-order chi connectivity index (χ1) is 8.65. The van der Waals surface area contributed by atoms with Crippen LogP contribution in [0.1, 0.15) is 33.1 Å². The minimum Gasteiger partial charge on any atom is -0.374 e. The van der Waals surface area contributed by atoms with Crippen molar-refractivity contribution in [2.45, 2.75) is 50.0 Å². The lowest BCUT2D eigenvalue weighted by Gasteiger charge is -2.41. The summed E-state index contributed by atoms with van der Waals surface area (Å²) in [6.45, 7) is 9.75. The predicted octanol–water partition coefficient (Wildman–Crippen LogP) is 1.97. The molecule has 1 saturated carbocycles. The number of hydrogen-bond acceptors (Lipinski definition) is 4. The molecule has 1 unspecified atom stereocenters. The van der Waals surface area contributed by atoms with Crippen LogP contribution in [0.15, 0.2) is 0 Å². The van der Waals surface area contributed by atoms with Crippen LogP contribution < -0.4 is 5.32 Å². The quantitative estimate of drug-likeness (QED) is 0.799. The molecule has 0 spiro atoms. The second kappa shape index (κ2) is 6.60. The SMILES string of the molecule is CSC1(CNCC2CN(C(C)C)CCO2)CCC1. The molecule has 0 amide bonds. The van der Waals surface area contributed by atoms with Gasteiger partial charge in [0.15, 0.2) is 0 Å². The Hall–Kier alpha value is 0.230. The molecule has 18 heavy (non-hydrogen) atoms. The van der Waals surface area contributed by atoms with E-state index in [4.69, 9.17) is 4.74 Å². The maximum atomic E-state index is 5.85. The summed E-state index contributed by atoms with van der Waals surface area (Å²) in [6, 6.07) is 0.639. The van der Waals surface area contributed by atoms with Crippen molar-refractivity contribution in [2.75, 3.05) is 39.0 Å². The van der Waals surface area contributed by atoms with E-state index in [2.05, 4.69) is 30.3 Å². The molecule has 0 aromatic rings. The maximum Gasteiger partial charge on any atom is 0.0826 e. The van der Waals surface area contributed by atoms with E-state index in [1.54, 1.807) is 0 Å². The van der Waals surface area contributed by atoms with Crippen LogP contribution in [-0.4, -0.2) is 60.8 Å². The summed E-state index contributed by atoms with van der Waals surface area (Å²) in [4.78, 5) is 2.52. The Morgan fingerprint density at radius 1 is 1.44 bits per heavy atom. The molecule has 106 valence electrons. The lowest BCUT2D eigenvalue weighted by Crippen LogP contribution is -2.51. The number of nitrogens with one attached hydrogen (secondary N) is 1. The Morgan fingerprint density at radius 2 is 2.22 bits per heavy atom. The van der Waals surface area contributed by atoms with Crippen LogP contribution >= 0.6 is 11.8 Å². The van der Waals surface area contributed by atoms with Crippen LogP contribution in [-0.2, 0) is 4.74 Å². The number of hydrogen-bond donors (Lipinski definition) is 1. The summed E-state index contributed by atoms with van der Waals surface area (Å²) >= 11 is 2.04. The summed E-state index contributed by atoms with van der Waals surface area (Å²) in [5, 5.41) is 3.64. The highest BCUT2D eigenvalue weighted by Gasteiger charge is 2.35. The highest BCUT2D eigenvalue weighted by Crippen LogP contribution is 2.42. The normalized spacial score (nSPS) is 28.3. The topological polar surface area (TPSA) is 24.5 Å². The molecule has 1 N–H and O–H groups in total. The Morgan fingerprint density at radius 3 is 2.78 bits per heavy atom. The number of morpholine rings is 1. The zero-order valence-electron chi connectivity index (χ0n) is 12.1. The number of thioether (sulfide) groups is 1. The van der Waals surface area contributed by atoms with Crippen LogP contribution in [0.25, 0.3) is 0 Å². The zero-order chi connectivity index (χ0) is 13.0. The largest absolute Gasteiger partial charge is 0.374 e. The molecular formula is C14H28N2OS. The van der Waals surface area contributed by atoms with Gasteiger partial charge in [-0.1, -0.05) is 6.42 Å². The molecule has 1 heterocycles. The van der Waals surface area contributed by atoms with Crippen molar-refractivity contribution in [1.29, 1.82) is 0 Å². The Balaban J connectivity index is 1.67. The molecule has 1 atom stereocenters. The highest BCUT2D eigenvalue weighted by atomic mass is 32.2. The van der Waals surface area contributed by atoms with Crippen molar-refractivity contribution in [1.82, 2.24) is 10.2 Å². The van der Waals surface area contributed by atoms with Gasteiger partial charge in [-0.3, -0.25) is 4.90 Å². The number of nitrogens with zero attached hydrogens (tertiary/aromatic N) is 1. The molecular weight excluding hydrogens is 244 g/mol. The van der Waals surface area contributed by atoms with Crippen molar-refractivity contribution >= 4 is 11.8 Å². The highest BCUT2D eigenvalue weighted by molar-refractivity contribution is 8.00. The maximum absolute atomic E-state index is 5.85. The van der Waals surface area contributed by atoms with Gasteiger partial charge in [-0.15, -0.1) is 0 Å². The summed E-state index contributed by atoms with van der Waals surface area (Å²) in [5.74, 6) is 0. The lowest BCUT2D eigenvalue weighted by molar-refractivity contribution is -0.0374. The van der Waals surface area contributed by atoms with Gasteiger partial charge in [0.1, 0.15) is 0 Å². The average molecular weight is 272 g/mol. The fourth-order valence-corrected chi connectivity index (χ4v) is 3.76. The van der Waals surface area contributed by atoms with E-state index in [0.29, 0.717) is 16.9 Å². The molecule has 2 rings (SSSR count). The van der Waals surface area contributed by atoms with Crippen LogP contribution in [0, 0.1) is 0 Å². The summed E-state index contributed by atoms with van der Waals surface area (Å²) in [6.07, 6.45) is 6.79. The fourth-order valence-electron chi connectivity index (χ4n) is 2.82. The van der Waals surface area contributed by atoms with E-state index >= 15 is 0 Å². The molecule has 2 fully saturated rings. The van der Waals surface area contributed by atoms with E-state index in [0.717, 1.165) is 32.8 Å². The van der Waals surface area contributed by atoms with Crippen molar-refractivity contribution < 1.29 is 4.74 Å². The van der Waals surface area contributed by atoms with Crippen LogP contribution in [0.3, 0.4) is 0 Å². The van der Waals surface area contributed by atoms with Crippen LogP contribution in [0.5, 0.6) is 0 Å². The average Bonchev–Trinajstić information content (AvgIpc) is 2.33. The Kier molecular flexibility index (Phi) is 5.36. The fraction of sp³-hybridized carbons (Fsp3) is 1.00. The van der Waals surface area contributed by atoms with Crippen LogP contribution in [0.2, 0.25) is 0 Å². The van der Waals surface area contributed by atoms with Gasteiger partial charge in [0.25, 0.3) is 0 Å². The van der Waals surface area contributed by atoms with E-state index in [1.165, 1.54) is 19.3 Å². The molecule has 2 aliphatic rings. The van der Waals surface area contributed by atoms with Gasteiger partial charge in [0, 0.05) is 37.0 Å². The second-order valence-electron chi connectivity index (χ2n) is 5.95. The van der Waals surface area contributed by atoms with Crippen molar-refractivity contribution in [3.05, 3.63) is 0 Å². The Bertz CT molecular complexity index is 251. The van der Waals surface area contributed by atoms with Gasteiger partial charge in [-0.2, -0.15) is 11.8 Å². The molecule has 1 aliphatic heterocycles. The van der Waals surface area contributed by atoms with Gasteiger partial charge >= 0.3 is 0 Å². The first-order valence-electron chi connectivity index (χ1n) is 7.27. The minimum atomic E-state index is 0.375. The first-order valence-corrected chi connectivity index (χ1v) is 8.49. The second-order valence-corrected chi connectivity index (χ2v) is 7.23. The summed E-state index contributed by atoms with van der Waals surface area (Å²) in [7, 11) is 0. The third-order valence-corrected chi connectivity index (χ3v) is 5.84. The first kappa shape index (κ1) is 14.6. The predicted molar refractivity (Wildman–Crippen MR) is 79.4 cm³/mol. The number of rotatable bonds is 6. The van der Waals surface area contributed by atoms with Gasteiger partial charge in [0.2, 0.25) is 0 Å². The molecule has 0 aromatic heterocycles. The third-order valence-electron chi connectivity index (χ3n) is 4.42. The van der Waals surface area contributed by atoms with E-state index in [9.17, 15) is 0 Å². The van der Waals surface area contributed by atoms with Crippen molar-refractivity contribution in [3.8, 4) is 0 Å². The monoisotopic (exact) mass is 272 g/mol. The molecule has 0 radical (unpaired) electrons. The molecule has 4 heteroatoms. The van der Waals surface area contributed by atoms with E-state index in [1.807, 2.05) is 11.8 Å². The molecule has 1 saturated heterocycles. The molecule has 3 nitrogen and oxygen atoms in total. The van der Waals surface area contributed by atoms with E-state index < -0.39 is 0 Å². The third kappa shape index (κ3) is 3.62. The van der Waals surface area contributed by atoms with Gasteiger partial charge in [0.05, 0.1) is 12.7 Å². The molecule has 0 bridgehead atoms. The summed E-state index contributed by atoms with van der Waals surface area (Å²) in [5.41, 5.74) is 0. The molecule has 0 aromatic carbocycles.